The van der Waals surface area contributed by atoms with E-state index in [-0.39, 0.29) is 12.0 Å². The number of carbonyl (C=O) groups is 1. The molecule has 0 atom stereocenters. The largest absolute Gasteiger partial charge is 0.333 e. The molecule has 7 heteroatoms. The van der Waals surface area contributed by atoms with Gasteiger partial charge in [0, 0.05) is 0 Å². The molecule has 2 N–H and O–H groups in total. The van der Waals surface area contributed by atoms with Crippen LogP contribution >= 0.6 is 0 Å². The second-order valence-electron chi connectivity index (χ2n) is 1.71. The average molecular weight is 176 g/mol. The summed E-state index contributed by atoms with van der Waals surface area (Å²) in [4.78, 5) is 15.5. The normalized spacial score (nSPS) is 11.4. The van der Waals surface area contributed by atoms with E-state index < -0.39 is 15.1 Å². The Balaban J connectivity index is 3.35. The summed E-state index contributed by atoms with van der Waals surface area (Å²) in [6, 6.07) is 0. The van der Waals surface area contributed by atoms with Crippen molar-refractivity contribution in [1.82, 2.24) is 9.97 Å². The molecule has 6 nitrogen and oxygen atoms in total. The minimum atomic E-state index is -4.35. The topological polar surface area (TPSA) is 100 Å². The van der Waals surface area contributed by atoms with Gasteiger partial charge in [0.1, 0.15) is 5.69 Å². The maximum absolute atomic E-state index is 10.4. The molecule has 11 heavy (non-hydrogen) atoms. The highest BCUT2D eigenvalue weighted by Gasteiger charge is 2.16. The molecule has 0 saturated heterocycles. The highest BCUT2D eigenvalue weighted by atomic mass is 32.2. The van der Waals surface area contributed by atoms with Crippen LogP contribution in [0.1, 0.15) is 10.5 Å². The van der Waals surface area contributed by atoms with E-state index in [0.717, 1.165) is 6.33 Å². The molecule has 1 aromatic rings. The average Bonchev–Trinajstić information content (AvgIpc) is 2.31. The van der Waals surface area contributed by atoms with Crippen LogP contribution in [0.15, 0.2) is 11.4 Å². The number of hydrogen-bond donors (Lipinski definition) is 2. The van der Waals surface area contributed by atoms with E-state index in [9.17, 15) is 13.2 Å². The van der Waals surface area contributed by atoms with Crippen molar-refractivity contribution in [3.05, 3.63) is 12.0 Å². The van der Waals surface area contributed by atoms with Crippen LogP contribution in [0.25, 0.3) is 0 Å². The number of hydrogen-bond acceptors (Lipinski definition) is 4. The lowest BCUT2D eigenvalue weighted by atomic mass is 10.5. The lowest BCUT2D eigenvalue weighted by Gasteiger charge is -1.89. The van der Waals surface area contributed by atoms with Gasteiger partial charge in [-0.05, 0) is 0 Å². The SMILES string of the molecule is O=Cc1nc[nH]c1S(=O)(=O)O. The molecule has 1 rings (SSSR count). The van der Waals surface area contributed by atoms with E-state index in [2.05, 4.69) is 9.97 Å². The van der Waals surface area contributed by atoms with Gasteiger partial charge in [-0.1, -0.05) is 0 Å². The Kier molecular flexibility index (Phi) is 1.75. The van der Waals surface area contributed by atoms with Crippen LogP contribution in [0.2, 0.25) is 0 Å². The maximum atomic E-state index is 10.4. The number of H-pyrrole nitrogens is 1. The van der Waals surface area contributed by atoms with Gasteiger partial charge in [-0.3, -0.25) is 9.35 Å². The fourth-order valence-electron chi connectivity index (χ4n) is 0.584. The van der Waals surface area contributed by atoms with Crippen LogP contribution < -0.4 is 0 Å². The molecule has 0 aliphatic heterocycles. The third-order valence-corrected chi connectivity index (χ3v) is 1.84. The van der Waals surface area contributed by atoms with Gasteiger partial charge in [0.15, 0.2) is 11.3 Å². The molecule has 1 aromatic heterocycles. The molecule has 1 heterocycles. The van der Waals surface area contributed by atoms with E-state index in [1.165, 1.54) is 0 Å². The Bertz CT molecular complexity index is 365. The molecule has 60 valence electrons. The van der Waals surface area contributed by atoms with Gasteiger partial charge in [-0.15, -0.1) is 0 Å². The molecule has 0 aromatic carbocycles. The molecule has 0 radical (unpaired) electrons. The van der Waals surface area contributed by atoms with Crippen molar-refractivity contribution < 1.29 is 17.8 Å². The molecule has 0 spiro atoms. The van der Waals surface area contributed by atoms with E-state index >= 15 is 0 Å². The second kappa shape index (κ2) is 2.44. The maximum Gasteiger partial charge on any atom is 0.312 e. The third-order valence-electron chi connectivity index (χ3n) is 1.00. The summed E-state index contributed by atoms with van der Waals surface area (Å²) in [5.41, 5.74) is -0.326. The van der Waals surface area contributed by atoms with Gasteiger partial charge in [0.25, 0.3) is 0 Å². The number of aromatic amines is 1. The summed E-state index contributed by atoms with van der Waals surface area (Å²) in [5.74, 6) is 0. The Morgan fingerprint density at radius 2 is 2.27 bits per heavy atom. The van der Waals surface area contributed by atoms with Crippen LogP contribution in [0, 0.1) is 0 Å². The number of nitrogens with one attached hydrogen (secondary N) is 1. The van der Waals surface area contributed by atoms with Crippen LogP contribution in [-0.2, 0) is 10.1 Å². The monoisotopic (exact) mass is 176 g/mol. The first-order chi connectivity index (χ1) is 5.05. The molecule has 0 fully saturated rings. The fourth-order valence-corrected chi connectivity index (χ4v) is 1.15. The highest BCUT2D eigenvalue weighted by molar-refractivity contribution is 7.85. The number of nitrogens with zero attached hydrogens (tertiary/aromatic N) is 1. The van der Waals surface area contributed by atoms with Crippen LogP contribution in [-0.4, -0.2) is 29.2 Å². The molecular weight excluding hydrogens is 172 g/mol. The van der Waals surface area contributed by atoms with Crippen LogP contribution in [0.5, 0.6) is 0 Å². The number of imidazole rings is 1. The Labute approximate surface area is 62.0 Å². The second-order valence-corrected chi connectivity index (χ2v) is 3.07. The van der Waals surface area contributed by atoms with E-state index in [0.29, 0.717) is 0 Å². The highest BCUT2D eigenvalue weighted by Crippen LogP contribution is 2.06. The predicted molar refractivity (Wildman–Crippen MR) is 33.8 cm³/mol. The zero-order valence-corrected chi connectivity index (χ0v) is 6.00. The quantitative estimate of drug-likeness (QED) is 0.466. The lowest BCUT2D eigenvalue weighted by Crippen LogP contribution is -2.01. The number of rotatable bonds is 2. The zero-order valence-electron chi connectivity index (χ0n) is 5.18. The van der Waals surface area contributed by atoms with Crippen molar-refractivity contribution in [2.75, 3.05) is 0 Å². The van der Waals surface area contributed by atoms with E-state index in [1.807, 2.05) is 0 Å². The van der Waals surface area contributed by atoms with Crippen molar-refractivity contribution in [3.8, 4) is 0 Å². The fraction of sp³-hybridized carbons (Fsp3) is 0. The zero-order chi connectivity index (χ0) is 8.48. The predicted octanol–water partition coefficient (Wildman–Crippen LogP) is -0.531. The first-order valence-corrected chi connectivity index (χ1v) is 3.95. The first-order valence-electron chi connectivity index (χ1n) is 2.51. The van der Waals surface area contributed by atoms with Crippen molar-refractivity contribution in [2.24, 2.45) is 0 Å². The van der Waals surface area contributed by atoms with Gasteiger partial charge in [-0.25, -0.2) is 4.98 Å². The standard InChI is InChI=1S/C4H4N2O4S/c7-1-3-4(6-2-5-3)11(8,9)10/h1-2H,(H,5,6)(H,8,9,10). The molecule has 0 bridgehead atoms. The van der Waals surface area contributed by atoms with Crippen molar-refractivity contribution in [3.63, 3.8) is 0 Å². The Morgan fingerprint density at radius 1 is 1.64 bits per heavy atom. The van der Waals surface area contributed by atoms with Crippen LogP contribution in [0.3, 0.4) is 0 Å². The van der Waals surface area contributed by atoms with E-state index in [4.69, 9.17) is 4.55 Å². The van der Waals surface area contributed by atoms with Gasteiger partial charge < -0.3 is 4.98 Å². The Hall–Kier alpha value is -1.21. The number of carbonyl (C=O) groups excluding carboxylic acids is 1. The summed E-state index contributed by atoms with van der Waals surface area (Å²) in [7, 11) is -4.35. The third kappa shape index (κ3) is 1.44. The summed E-state index contributed by atoms with van der Waals surface area (Å²) >= 11 is 0. The van der Waals surface area contributed by atoms with Crippen molar-refractivity contribution >= 4 is 16.4 Å². The molecule has 0 saturated carbocycles. The summed E-state index contributed by atoms with van der Waals surface area (Å²) in [6.07, 6.45) is 1.24. The van der Waals surface area contributed by atoms with Gasteiger partial charge in [-0.2, -0.15) is 8.42 Å². The van der Waals surface area contributed by atoms with Gasteiger partial charge in [0.2, 0.25) is 0 Å². The van der Waals surface area contributed by atoms with E-state index in [1.54, 1.807) is 0 Å². The van der Waals surface area contributed by atoms with Gasteiger partial charge >= 0.3 is 10.1 Å². The summed E-state index contributed by atoms with van der Waals surface area (Å²) in [6.45, 7) is 0. The summed E-state index contributed by atoms with van der Waals surface area (Å²) < 4.78 is 29.2. The molecule has 0 aliphatic rings. The molecule has 0 amide bonds. The number of aldehydes is 1. The Morgan fingerprint density at radius 3 is 2.64 bits per heavy atom. The lowest BCUT2D eigenvalue weighted by molar-refractivity contribution is 0.111. The molecular formula is C4H4N2O4S. The van der Waals surface area contributed by atoms with Crippen LogP contribution in [0.4, 0.5) is 0 Å². The van der Waals surface area contributed by atoms with Crippen molar-refractivity contribution in [2.45, 2.75) is 5.03 Å². The smallest absolute Gasteiger partial charge is 0.312 e. The van der Waals surface area contributed by atoms with Crippen molar-refractivity contribution in [1.29, 1.82) is 0 Å². The van der Waals surface area contributed by atoms with Gasteiger partial charge in [0.05, 0.1) is 6.33 Å². The molecule has 0 unspecified atom stereocenters. The first kappa shape index (κ1) is 7.89. The minimum absolute atomic E-state index is 0.236. The molecule has 0 aliphatic carbocycles. The number of aromatic nitrogens is 2. The summed E-state index contributed by atoms with van der Waals surface area (Å²) in [5, 5.41) is -0.576. The minimum Gasteiger partial charge on any atom is -0.333 e.